The Kier molecular flexibility index (Phi) is 8.62. The van der Waals surface area contributed by atoms with E-state index in [1.54, 1.807) is 12.1 Å². The van der Waals surface area contributed by atoms with E-state index in [-0.39, 0.29) is 42.6 Å². The second kappa shape index (κ2) is 12.9. The van der Waals surface area contributed by atoms with Crippen molar-refractivity contribution in [3.63, 3.8) is 0 Å². The van der Waals surface area contributed by atoms with Crippen molar-refractivity contribution >= 4 is 21.9 Å². The van der Waals surface area contributed by atoms with E-state index >= 15 is 0 Å². The summed E-state index contributed by atoms with van der Waals surface area (Å²) in [6.07, 6.45) is 2.88. The molecule has 0 saturated carbocycles. The Bertz CT molecular complexity index is 1790. The lowest BCUT2D eigenvalue weighted by Gasteiger charge is -2.10. The van der Waals surface area contributed by atoms with E-state index in [1.807, 2.05) is 72.8 Å². The van der Waals surface area contributed by atoms with Gasteiger partial charge in [-0.3, -0.25) is 14.3 Å². The van der Waals surface area contributed by atoms with Crippen molar-refractivity contribution in [1.29, 1.82) is 0 Å². The average molecular weight is 611 g/mol. The van der Waals surface area contributed by atoms with Gasteiger partial charge in [-0.15, -0.1) is 0 Å². The quantitative estimate of drug-likeness (QED) is 0.228. The Morgan fingerprint density at radius 1 is 0.805 bits per heavy atom. The van der Waals surface area contributed by atoms with Gasteiger partial charge in [-0.1, -0.05) is 88.4 Å². The molecule has 0 amide bonds. The van der Waals surface area contributed by atoms with Gasteiger partial charge in [0.1, 0.15) is 18.8 Å². The van der Waals surface area contributed by atoms with Gasteiger partial charge >= 0.3 is 11.7 Å². The monoisotopic (exact) mass is 610 g/mol. The van der Waals surface area contributed by atoms with Crippen LogP contribution in [0, 0.1) is 11.8 Å². The molecule has 0 spiro atoms. The lowest BCUT2D eigenvalue weighted by molar-refractivity contribution is -0.136. The van der Waals surface area contributed by atoms with Crippen LogP contribution in [0.2, 0.25) is 0 Å². The molecule has 9 heteroatoms. The highest BCUT2D eigenvalue weighted by Crippen LogP contribution is 2.30. The zero-order valence-electron chi connectivity index (χ0n) is 21.6. The first kappa shape index (κ1) is 27.5. The van der Waals surface area contributed by atoms with Crippen LogP contribution in [0.25, 0.3) is 0 Å². The summed E-state index contributed by atoms with van der Waals surface area (Å²) in [6, 6.07) is 26.1. The predicted octanol–water partition coefficient (Wildman–Crippen LogP) is 4.78. The van der Waals surface area contributed by atoms with Gasteiger partial charge in [0.25, 0.3) is 11.3 Å². The van der Waals surface area contributed by atoms with Crippen molar-refractivity contribution < 1.29 is 19.0 Å². The number of cyclic esters (lactones) is 1. The first-order chi connectivity index (χ1) is 20.0. The number of halogens is 1. The highest BCUT2D eigenvalue weighted by molar-refractivity contribution is 9.10. The maximum atomic E-state index is 12.8. The van der Waals surface area contributed by atoms with E-state index in [9.17, 15) is 14.4 Å². The third-order valence-electron chi connectivity index (χ3n) is 5.94. The van der Waals surface area contributed by atoms with Crippen molar-refractivity contribution in [2.45, 2.75) is 19.8 Å². The summed E-state index contributed by atoms with van der Waals surface area (Å²) in [5.41, 5.74) is 1.33. The Balaban J connectivity index is 1.41. The topological polar surface area (TPSA) is 99.6 Å². The van der Waals surface area contributed by atoms with E-state index in [4.69, 9.17) is 14.2 Å². The van der Waals surface area contributed by atoms with E-state index < -0.39 is 17.2 Å². The molecular weight excluding hydrogens is 588 g/mol. The number of aromatic nitrogens is 2. The maximum absolute atomic E-state index is 12.8. The molecule has 0 bridgehead atoms. The number of nitrogens with one attached hydrogen (secondary N) is 1. The molecule has 2 heterocycles. The van der Waals surface area contributed by atoms with Crippen LogP contribution in [0.1, 0.15) is 22.3 Å². The van der Waals surface area contributed by atoms with Crippen molar-refractivity contribution in [2.75, 3.05) is 0 Å². The molecule has 8 nitrogen and oxygen atoms in total. The SMILES string of the molecule is O=C1O/C(=C\Cn2cc(C#Cc3ccc(Br)cc3)c(=O)[nH]c2=O)C(OCc2ccccc2)=C1OCc1ccccc1. The van der Waals surface area contributed by atoms with Crippen LogP contribution >= 0.6 is 15.9 Å². The molecule has 0 fully saturated rings. The number of benzene rings is 3. The van der Waals surface area contributed by atoms with Gasteiger partial charge in [-0.25, -0.2) is 9.59 Å². The summed E-state index contributed by atoms with van der Waals surface area (Å²) in [5, 5.41) is 0. The highest BCUT2D eigenvalue weighted by Gasteiger charge is 2.34. The summed E-state index contributed by atoms with van der Waals surface area (Å²) >= 11 is 3.37. The van der Waals surface area contributed by atoms with E-state index in [2.05, 4.69) is 32.8 Å². The number of esters is 1. The van der Waals surface area contributed by atoms with Crippen LogP contribution in [0.4, 0.5) is 0 Å². The second-order valence-electron chi connectivity index (χ2n) is 8.88. The fourth-order valence-corrected chi connectivity index (χ4v) is 4.10. The van der Waals surface area contributed by atoms with Crippen LogP contribution in [0.15, 0.2) is 129 Å². The largest absolute Gasteiger partial charge is 0.481 e. The van der Waals surface area contributed by atoms with Crippen molar-refractivity contribution in [2.24, 2.45) is 0 Å². The van der Waals surface area contributed by atoms with Crippen molar-refractivity contribution in [1.82, 2.24) is 9.55 Å². The molecule has 0 unspecified atom stereocenters. The Morgan fingerprint density at radius 3 is 2.05 bits per heavy atom. The van der Waals surface area contributed by atoms with Crippen LogP contribution < -0.4 is 11.2 Å². The minimum atomic E-state index is -0.704. The molecule has 0 aliphatic carbocycles. The molecule has 41 heavy (non-hydrogen) atoms. The maximum Gasteiger partial charge on any atom is 0.383 e. The van der Waals surface area contributed by atoms with Gasteiger partial charge < -0.3 is 14.2 Å². The number of H-pyrrole nitrogens is 1. The molecule has 3 aromatic carbocycles. The number of aromatic amines is 1. The summed E-state index contributed by atoms with van der Waals surface area (Å²) in [5.74, 6) is 5.19. The minimum absolute atomic E-state index is 0.0324. The summed E-state index contributed by atoms with van der Waals surface area (Å²) in [7, 11) is 0. The van der Waals surface area contributed by atoms with E-state index in [0.29, 0.717) is 5.56 Å². The predicted molar refractivity (Wildman–Crippen MR) is 155 cm³/mol. The molecule has 204 valence electrons. The zero-order valence-corrected chi connectivity index (χ0v) is 23.2. The number of nitrogens with zero attached hydrogens (tertiary/aromatic N) is 1. The van der Waals surface area contributed by atoms with Crippen molar-refractivity contribution in [3.05, 3.63) is 162 Å². The number of carbonyl (C=O) groups excluding carboxylic acids is 1. The van der Waals surface area contributed by atoms with E-state index in [0.717, 1.165) is 15.6 Å². The first-order valence-electron chi connectivity index (χ1n) is 12.6. The third-order valence-corrected chi connectivity index (χ3v) is 6.47. The highest BCUT2D eigenvalue weighted by atomic mass is 79.9. The van der Waals surface area contributed by atoms with E-state index in [1.165, 1.54) is 16.8 Å². The molecule has 0 saturated heterocycles. The lowest BCUT2D eigenvalue weighted by Crippen LogP contribution is -2.30. The van der Waals surface area contributed by atoms with Gasteiger partial charge in [-0.05, 0) is 41.5 Å². The molecule has 1 aliphatic rings. The molecule has 0 radical (unpaired) electrons. The molecule has 5 rings (SSSR count). The molecular formula is C32H23BrN2O6. The van der Waals surface area contributed by atoms with Gasteiger partial charge in [0.05, 0.1) is 0 Å². The molecule has 4 aromatic rings. The normalized spacial score (nSPS) is 13.5. The Hall–Kier alpha value is -5.07. The molecule has 1 N–H and O–H groups in total. The van der Waals surface area contributed by atoms with Crippen LogP contribution in [0.5, 0.6) is 0 Å². The number of allylic oxidation sites excluding steroid dienone is 1. The zero-order chi connectivity index (χ0) is 28.6. The smallest absolute Gasteiger partial charge is 0.383 e. The standard InChI is InChI=1S/C32H23BrN2O6/c33-26-15-12-22(13-16-26)11-14-25-19-35(32(38)34-30(25)36)18-17-27-28(39-20-23-7-3-1-4-8-23)29(31(37)41-27)40-21-24-9-5-2-6-10-24/h1-10,12-13,15-17,19H,18,20-21H2,(H,34,36,38)/b27-17-. The number of ether oxygens (including phenoxy) is 3. The number of carbonyl (C=O) groups is 1. The summed E-state index contributed by atoms with van der Waals surface area (Å²) in [6.45, 7) is 0.266. The fraction of sp³-hybridized carbons (Fsp3) is 0.0938. The van der Waals surface area contributed by atoms with Gasteiger partial charge in [0, 0.05) is 22.8 Å². The second-order valence-corrected chi connectivity index (χ2v) is 9.79. The number of hydrogen-bond donors (Lipinski definition) is 1. The van der Waals surface area contributed by atoms with Crippen LogP contribution in [0.3, 0.4) is 0 Å². The van der Waals surface area contributed by atoms with Crippen LogP contribution in [-0.2, 0) is 38.8 Å². The first-order valence-corrected chi connectivity index (χ1v) is 13.4. The third kappa shape index (κ3) is 7.12. The fourth-order valence-electron chi connectivity index (χ4n) is 3.84. The summed E-state index contributed by atoms with van der Waals surface area (Å²) < 4.78 is 19.5. The van der Waals surface area contributed by atoms with Gasteiger partial charge in [-0.2, -0.15) is 0 Å². The Labute approximate surface area is 243 Å². The van der Waals surface area contributed by atoms with Crippen molar-refractivity contribution in [3.8, 4) is 11.8 Å². The molecule has 0 atom stereocenters. The minimum Gasteiger partial charge on any atom is -0.481 e. The average Bonchev–Trinajstić information content (AvgIpc) is 3.29. The Morgan fingerprint density at radius 2 is 1.41 bits per heavy atom. The number of hydrogen-bond acceptors (Lipinski definition) is 6. The number of rotatable bonds is 8. The molecule has 1 aliphatic heterocycles. The summed E-state index contributed by atoms with van der Waals surface area (Å²) in [4.78, 5) is 40.0. The van der Waals surface area contributed by atoms with Gasteiger partial charge in [0.2, 0.25) is 5.76 Å². The van der Waals surface area contributed by atoms with Gasteiger partial charge in [0.15, 0.2) is 5.76 Å². The molecule has 1 aromatic heterocycles. The lowest BCUT2D eigenvalue weighted by atomic mass is 10.2. The van der Waals surface area contributed by atoms with Crippen LogP contribution in [-0.4, -0.2) is 15.5 Å².